The van der Waals surface area contributed by atoms with Gasteiger partial charge in [0, 0.05) is 37.5 Å². The summed E-state index contributed by atoms with van der Waals surface area (Å²) in [6.07, 6.45) is 6.64. The zero-order chi connectivity index (χ0) is 18.7. The van der Waals surface area contributed by atoms with Crippen molar-refractivity contribution in [2.75, 3.05) is 26.0 Å². The van der Waals surface area contributed by atoms with Gasteiger partial charge in [-0.3, -0.25) is 4.79 Å². The highest BCUT2D eigenvalue weighted by molar-refractivity contribution is 6.06. The summed E-state index contributed by atoms with van der Waals surface area (Å²) in [7, 11) is 3.81. The first-order valence-corrected chi connectivity index (χ1v) is 8.92. The number of ether oxygens (including phenoxy) is 1. The minimum atomic E-state index is -0.173. The number of carbonyl (C=O) groups excluding carboxylic acids is 1. The molecule has 26 heavy (non-hydrogen) atoms. The first kappa shape index (κ1) is 18.2. The van der Waals surface area contributed by atoms with E-state index in [1.165, 1.54) is 0 Å². The van der Waals surface area contributed by atoms with E-state index in [0.29, 0.717) is 5.57 Å². The van der Waals surface area contributed by atoms with Crippen molar-refractivity contribution in [3.63, 3.8) is 0 Å². The van der Waals surface area contributed by atoms with Gasteiger partial charge >= 0.3 is 0 Å². The van der Waals surface area contributed by atoms with E-state index in [4.69, 9.17) is 4.74 Å². The van der Waals surface area contributed by atoms with Crippen LogP contribution in [0.5, 0.6) is 0 Å². The second-order valence-corrected chi connectivity index (χ2v) is 6.74. The molecule has 2 aromatic rings. The molecule has 1 atom stereocenters. The molecule has 0 bridgehead atoms. The van der Waals surface area contributed by atoms with Crippen LogP contribution in [0.2, 0.25) is 0 Å². The summed E-state index contributed by atoms with van der Waals surface area (Å²) in [5, 5.41) is 8.41. The van der Waals surface area contributed by atoms with Crippen molar-refractivity contribution in [2.45, 2.75) is 32.4 Å². The molecule has 1 aromatic carbocycles. The number of amides is 1. The number of benzene rings is 1. The Morgan fingerprint density at radius 2 is 2.23 bits per heavy atom. The van der Waals surface area contributed by atoms with Crippen molar-refractivity contribution in [3.05, 3.63) is 48.3 Å². The molecule has 2 heterocycles. The summed E-state index contributed by atoms with van der Waals surface area (Å²) in [5.74, 6) is -0.173. The molecule has 1 unspecified atom stereocenters. The monoisotopic (exact) mass is 354 g/mol. The second-order valence-electron chi connectivity index (χ2n) is 6.74. The van der Waals surface area contributed by atoms with Crippen molar-refractivity contribution in [2.24, 2.45) is 0 Å². The predicted molar refractivity (Wildman–Crippen MR) is 104 cm³/mol. The molecular weight excluding hydrogens is 328 g/mol. The van der Waals surface area contributed by atoms with Crippen LogP contribution in [-0.2, 0) is 9.53 Å². The third-order valence-corrected chi connectivity index (χ3v) is 4.79. The topological polar surface area (TPSA) is 59.4 Å². The summed E-state index contributed by atoms with van der Waals surface area (Å²) in [6, 6.07) is 5.81. The number of anilines is 1. The lowest BCUT2D eigenvalue weighted by Crippen LogP contribution is -2.20. The van der Waals surface area contributed by atoms with E-state index in [-0.39, 0.29) is 12.1 Å². The standard InChI is InChI=1S/C20H26N4O2/c1-5-17(14(2)23(3)4)20(25)22-16-9-10-18-15(12-16)13-21-24(18)19-8-6-7-11-26-19/h5,9-10,12-13,19H,1,6-8,11H2,2-4H3,(H,22,25)/b17-14+. The predicted octanol–water partition coefficient (Wildman–Crippen LogP) is 3.70. The van der Waals surface area contributed by atoms with Crippen molar-refractivity contribution in [1.82, 2.24) is 14.7 Å². The number of carbonyl (C=O) groups is 1. The fourth-order valence-electron chi connectivity index (χ4n) is 3.12. The molecule has 6 heteroatoms. The van der Waals surface area contributed by atoms with Gasteiger partial charge < -0.3 is 15.0 Å². The number of hydrogen-bond donors (Lipinski definition) is 1. The van der Waals surface area contributed by atoms with Crippen molar-refractivity contribution >= 4 is 22.5 Å². The van der Waals surface area contributed by atoms with Crippen LogP contribution in [0.3, 0.4) is 0 Å². The molecule has 1 N–H and O–H groups in total. The van der Waals surface area contributed by atoms with Crippen molar-refractivity contribution in [1.29, 1.82) is 0 Å². The summed E-state index contributed by atoms with van der Waals surface area (Å²) < 4.78 is 7.76. The molecule has 0 spiro atoms. The summed E-state index contributed by atoms with van der Waals surface area (Å²) in [4.78, 5) is 14.5. The molecule has 1 amide bonds. The van der Waals surface area contributed by atoms with Gasteiger partial charge in [-0.1, -0.05) is 12.7 Å². The van der Waals surface area contributed by atoms with E-state index in [0.717, 1.165) is 48.2 Å². The van der Waals surface area contributed by atoms with Crippen molar-refractivity contribution in [3.8, 4) is 0 Å². The maximum atomic E-state index is 12.6. The lowest BCUT2D eigenvalue weighted by molar-refractivity contribution is -0.112. The van der Waals surface area contributed by atoms with Gasteiger partial charge in [-0.15, -0.1) is 0 Å². The van der Waals surface area contributed by atoms with E-state index < -0.39 is 0 Å². The number of hydrogen-bond acceptors (Lipinski definition) is 4. The Morgan fingerprint density at radius 1 is 1.42 bits per heavy atom. The highest BCUT2D eigenvalue weighted by Gasteiger charge is 2.19. The largest absolute Gasteiger partial charge is 0.381 e. The van der Waals surface area contributed by atoms with E-state index in [1.807, 2.05) is 55.0 Å². The number of fused-ring (bicyclic) bond motifs is 1. The molecule has 6 nitrogen and oxygen atoms in total. The van der Waals surface area contributed by atoms with E-state index in [1.54, 1.807) is 6.08 Å². The Labute approximate surface area is 154 Å². The first-order chi connectivity index (χ1) is 12.5. The molecule has 0 radical (unpaired) electrons. The van der Waals surface area contributed by atoms with Crippen LogP contribution in [-0.4, -0.2) is 41.3 Å². The van der Waals surface area contributed by atoms with Crippen LogP contribution in [0, 0.1) is 0 Å². The Morgan fingerprint density at radius 3 is 2.88 bits per heavy atom. The zero-order valence-corrected chi connectivity index (χ0v) is 15.7. The van der Waals surface area contributed by atoms with Crippen LogP contribution in [0.25, 0.3) is 10.9 Å². The zero-order valence-electron chi connectivity index (χ0n) is 15.7. The van der Waals surface area contributed by atoms with Gasteiger partial charge in [-0.2, -0.15) is 5.10 Å². The van der Waals surface area contributed by atoms with E-state index in [2.05, 4.69) is 17.0 Å². The average Bonchev–Trinajstić information content (AvgIpc) is 3.06. The fourth-order valence-corrected chi connectivity index (χ4v) is 3.12. The minimum Gasteiger partial charge on any atom is -0.381 e. The molecule has 1 fully saturated rings. The summed E-state index contributed by atoms with van der Waals surface area (Å²) >= 11 is 0. The number of rotatable bonds is 5. The smallest absolute Gasteiger partial charge is 0.257 e. The Bertz CT molecular complexity index is 845. The van der Waals surface area contributed by atoms with Gasteiger partial charge in [-0.05, 0) is 44.4 Å². The molecule has 1 aliphatic rings. The lowest BCUT2D eigenvalue weighted by Gasteiger charge is -2.23. The number of nitrogens with zero attached hydrogens (tertiary/aromatic N) is 3. The van der Waals surface area contributed by atoms with Gasteiger partial charge in [0.15, 0.2) is 6.23 Å². The summed E-state index contributed by atoms with van der Waals surface area (Å²) in [6.45, 7) is 6.44. The molecule has 3 rings (SSSR count). The molecule has 1 saturated heterocycles. The summed E-state index contributed by atoms with van der Waals surface area (Å²) in [5.41, 5.74) is 3.17. The quantitative estimate of drug-likeness (QED) is 0.657. The highest BCUT2D eigenvalue weighted by atomic mass is 16.5. The van der Waals surface area contributed by atoms with Gasteiger partial charge in [0.1, 0.15) is 0 Å². The van der Waals surface area contributed by atoms with E-state index >= 15 is 0 Å². The lowest BCUT2D eigenvalue weighted by atomic mass is 10.1. The van der Waals surface area contributed by atoms with Gasteiger partial charge in [0.05, 0.1) is 17.3 Å². The third-order valence-electron chi connectivity index (χ3n) is 4.79. The molecule has 138 valence electrons. The van der Waals surface area contributed by atoms with Gasteiger partial charge in [0.25, 0.3) is 5.91 Å². The molecule has 0 aliphatic carbocycles. The molecule has 0 saturated carbocycles. The van der Waals surface area contributed by atoms with Crippen molar-refractivity contribution < 1.29 is 9.53 Å². The van der Waals surface area contributed by atoms with Gasteiger partial charge in [-0.25, -0.2) is 4.68 Å². The Balaban J connectivity index is 1.83. The van der Waals surface area contributed by atoms with Crippen LogP contribution in [0.1, 0.15) is 32.4 Å². The molecule has 1 aliphatic heterocycles. The first-order valence-electron chi connectivity index (χ1n) is 8.92. The normalized spacial score (nSPS) is 18.3. The number of nitrogens with one attached hydrogen (secondary N) is 1. The number of aromatic nitrogens is 2. The van der Waals surface area contributed by atoms with Crippen LogP contribution in [0.15, 0.2) is 48.3 Å². The average molecular weight is 354 g/mol. The Kier molecular flexibility index (Phi) is 5.42. The van der Waals surface area contributed by atoms with Crippen LogP contribution >= 0.6 is 0 Å². The molecule has 1 aromatic heterocycles. The maximum Gasteiger partial charge on any atom is 0.257 e. The fraction of sp³-hybridized carbons (Fsp3) is 0.400. The van der Waals surface area contributed by atoms with Crippen LogP contribution < -0.4 is 5.32 Å². The highest BCUT2D eigenvalue weighted by Crippen LogP contribution is 2.27. The van der Waals surface area contributed by atoms with Gasteiger partial charge in [0.2, 0.25) is 0 Å². The SMILES string of the molecule is C=C/C(C(=O)Nc1ccc2c(cnn2C2CCCCO2)c1)=C(/C)N(C)C. The number of allylic oxidation sites excluding steroid dienone is 1. The third kappa shape index (κ3) is 3.65. The maximum absolute atomic E-state index is 12.6. The molecular formula is C20H26N4O2. The second kappa shape index (κ2) is 7.74. The minimum absolute atomic E-state index is 0.000246. The Hall–Kier alpha value is -2.60. The van der Waals surface area contributed by atoms with E-state index in [9.17, 15) is 4.79 Å². The van der Waals surface area contributed by atoms with Crippen LogP contribution in [0.4, 0.5) is 5.69 Å².